The van der Waals surface area contributed by atoms with Crippen LogP contribution in [0.2, 0.25) is 0 Å². The zero-order chi connectivity index (χ0) is 14.1. The molecule has 2 aromatic rings. The Balaban J connectivity index is 1.90. The van der Waals surface area contributed by atoms with Crippen LogP contribution in [0.5, 0.6) is 0 Å². The zero-order valence-electron chi connectivity index (χ0n) is 12.0. The van der Waals surface area contributed by atoms with Gasteiger partial charge in [0.25, 0.3) is 0 Å². The maximum absolute atomic E-state index is 11.5. The van der Waals surface area contributed by atoms with E-state index >= 15 is 0 Å². The first kappa shape index (κ1) is 12.9. The molecule has 0 spiro atoms. The summed E-state index contributed by atoms with van der Waals surface area (Å²) in [5.74, 6) is 1.20. The van der Waals surface area contributed by atoms with Gasteiger partial charge >= 0.3 is 0 Å². The molecule has 4 heteroatoms. The van der Waals surface area contributed by atoms with Crippen molar-refractivity contribution in [3.63, 3.8) is 0 Å². The highest BCUT2D eigenvalue weighted by Crippen LogP contribution is 2.29. The fourth-order valence-corrected chi connectivity index (χ4v) is 2.78. The number of rotatable bonds is 3. The predicted molar refractivity (Wildman–Crippen MR) is 79.0 cm³/mol. The summed E-state index contributed by atoms with van der Waals surface area (Å²) in [6.07, 6.45) is 5.98. The third-order valence-electron chi connectivity index (χ3n) is 3.95. The lowest BCUT2D eigenvalue weighted by atomic mass is 9.98. The molecule has 1 aliphatic heterocycles. The monoisotopic (exact) mass is 269 g/mol. The Morgan fingerprint density at radius 3 is 2.95 bits per heavy atom. The van der Waals surface area contributed by atoms with E-state index in [4.69, 9.17) is 0 Å². The van der Waals surface area contributed by atoms with Crippen LogP contribution in [0.1, 0.15) is 35.1 Å². The van der Waals surface area contributed by atoms with Crippen molar-refractivity contribution in [3.8, 4) is 0 Å². The first-order valence-corrected chi connectivity index (χ1v) is 7.00. The van der Waals surface area contributed by atoms with E-state index in [2.05, 4.69) is 20.5 Å². The molecule has 1 aromatic carbocycles. The first-order valence-electron chi connectivity index (χ1n) is 7.00. The fraction of sp³-hybridized carbons (Fsp3) is 0.375. The van der Waals surface area contributed by atoms with Crippen molar-refractivity contribution in [1.29, 1.82) is 0 Å². The number of ketones is 1. The molecule has 0 radical (unpaired) electrons. The predicted octanol–water partition coefficient (Wildman–Crippen LogP) is 2.58. The average molecular weight is 269 g/mol. The molecule has 0 atom stereocenters. The molecule has 0 N–H and O–H groups in total. The fourth-order valence-electron chi connectivity index (χ4n) is 2.78. The highest BCUT2D eigenvalue weighted by Gasteiger charge is 2.19. The van der Waals surface area contributed by atoms with Gasteiger partial charge in [-0.3, -0.25) is 4.79 Å². The smallest absolute Gasteiger partial charge is 0.159 e. The Kier molecular flexibility index (Phi) is 3.30. The number of carbonyl (C=O) groups excluding carboxylic acids is 1. The molecule has 0 bridgehead atoms. The number of carbonyl (C=O) groups is 1. The zero-order valence-corrected chi connectivity index (χ0v) is 12.0. The Morgan fingerprint density at radius 2 is 2.25 bits per heavy atom. The number of anilines is 1. The third-order valence-corrected chi connectivity index (χ3v) is 3.95. The Bertz CT molecular complexity index is 645. The molecule has 4 nitrogen and oxygen atoms in total. The molecule has 0 amide bonds. The van der Waals surface area contributed by atoms with Crippen LogP contribution >= 0.6 is 0 Å². The van der Waals surface area contributed by atoms with Gasteiger partial charge in [0.2, 0.25) is 0 Å². The second-order valence-electron chi connectivity index (χ2n) is 5.38. The number of aryl methyl sites for hydroxylation is 2. The van der Waals surface area contributed by atoms with Crippen LogP contribution in [0.25, 0.3) is 0 Å². The summed E-state index contributed by atoms with van der Waals surface area (Å²) in [6.45, 7) is 3.48. The largest absolute Gasteiger partial charge is 0.364 e. The summed E-state index contributed by atoms with van der Waals surface area (Å²) in [5, 5.41) is 0. The maximum atomic E-state index is 11.5. The molecular weight excluding hydrogens is 250 g/mol. The van der Waals surface area contributed by atoms with Crippen LogP contribution in [0.4, 0.5) is 5.69 Å². The van der Waals surface area contributed by atoms with E-state index < -0.39 is 0 Å². The second-order valence-corrected chi connectivity index (χ2v) is 5.38. The van der Waals surface area contributed by atoms with Crippen molar-refractivity contribution < 1.29 is 4.79 Å². The number of fused-ring (bicyclic) bond motifs is 1. The maximum Gasteiger partial charge on any atom is 0.159 e. The van der Waals surface area contributed by atoms with Gasteiger partial charge in [0.15, 0.2) is 5.78 Å². The first-order chi connectivity index (χ1) is 9.65. The lowest BCUT2D eigenvalue weighted by molar-refractivity contribution is 0.101. The van der Waals surface area contributed by atoms with Crippen molar-refractivity contribution in [3.05, 3.63) is 47.5 Å². The number of aromatic nitrogens is 2. The summed E-state index contributed by atoms with van der Waals surface area (Å²) in [4.78, 5) is 18.2. The van der Waals surface area contributed by atoms with Gasteiger partial charge in [-0.05, 0) is 43.5 Å². The molecule has 104 valence electrons. The number of hydrogen-bond acceptors (Lipinski definition) is 3. The third kappa shape index (κ3) is 2.33. The molecule has 0 unspecified atom stereocenters. The van der Waals surface area contributed by atoms with Gasteiger partial charge in [0.05, 0.1) is 6.54 Å². The van der Waals surface area contributed by atoms with Crippen molar-refractivity contribution in [2.45, 2.75) is 26.3 Å². The van der Waals surface area contributed by atoms with E-state index in [-0.39, 0.29) is 5.78 Å². The van der Waals surface area contributed by atoms with Crippen LogP contribution in [0.15, 0.2) is 30.6 Å². The molecule has 1 aromatic heterocycles. The number of Topliss-reactive ketones (excluding diaryl/α,β-unsaturated/α-hetero) is 1. The number of imidazole rings is 1. The summed E-state index contributed by atoms with van der Waals surface area (Å²) in [6, 6.07) is 6.05. The van der Waals surface area contributed by atoms with Gasteiger partial charge in [0.1, 0.15) is 5.82 Å². The average Bonchev–Trinajstić information content (AvgIpc) is 2.84. The van der Waals surface area contributed by atoms with E-state index in [1.807, 2.05) is 31.6 Å². The molecule has 2 heterocycles. The van der Waals surface area contributed by atoms with Crippen LogP contribution in [-0.2, 0) is 20.0 Å². The van der Waals surface area contributed by atoms with Gasteiger partial charge in [-0.15, -0.1) is 0 Å². The lowest BCUT2D eigenvalue weighted by Gasteiger charge is -2.31. The van der Waals surface area contributed by atoms with Crippen LogP contribution in [0.3, 0.4) is 0 Å². The number of nitrogens with zero attached hydrogens (tertiary/aromatic N) is 3. The molecule has 0 fully saturated rings. The summed E-state index contributed by atoms with van der Waals surface area (Å²) in [7, 11) is 2.02. The van der Waals surface area contributed by atoms with Crippen LogP contribution in [0, 0.1) is 0 Å². The minimum absolute atomic E-state index is 0.133. The quantitative estimate of drug-likeness (QED) is 0.804. The van der Waals surface area contributed by atoms with E-state index in [1.165, 1.54) is 11.3 Å². The number of hydrogen-bond donors (Lipinski definition) is 0. The van der Waals surface area contributed by atoms with Gasteiger partial charge in [0, 0.05) is 37.2 Å². The van der Waals surface area contributed by atoms with E-state index in [0.717, 1.165) is 37.3 Å². The Hall–Kier alpha value is -2.10. The molecule has 1 aliphatic rings. The molecule has 3 rings (SSSR count). The Labute approximate surface area is 119 Å². The molecule has 20 heavy (non-hydrogen) atoms. The van der Waals surface area contributed by atoms with Crippen molar-refractivity contribution in [2.75, 3.05) is 11.4 Å². The highest BCUT2D eigenvalue weighted by molar-refractivity contribution is 5.94. The van der Waals surface area contributed by atoms with Crippen LogP contribution < -0.4 is 4.90 Å². The summed E-state index contributed by atoms with van der Waals surface area (Å²) >= 11 is 0. The summed E-state index contributed by atoms with van der Waals surface area (Å²) in [5.41, 5.74) is 3.32. The van der Waals surface area contributed by atoms with Crippen LogP contribution in [-0.4, -0.2) is 21.9 Å². The second kappa shape index (κ2) is 5.12. The van der Waals surface area contributed by atoms with Gasteiger partial charge < -0.3 is 9.47 Å². The van der Waals surface area contributed by atoms with E-state index in [0.29, 0.717) is 0 Å². The van der Waals surface area contributed by atoms with Crippen molar-refractivity contribution in [2.24, 2.45) is 7.05 Å². The minimum atomic E-state index is 0.133. The molecular formula is C16H19N3O. The lowest BCUT2D eigenvalue weighted by Crippen LogP contribution is -2.30. The van der Waals surface area contributed by atoms with Crippen molar-refractivity contribution >= 4 is 11.5 Å². The van der Waals surface area contributed by atoms with Gasteiger partial charge in [-0.25, -0.2) is 4.98 Å². The molecule has 0 saturated heterocycles. The minimum Gasteiger partial charge on any atom is -0.364 e. The normalized spacial score (nSPS) is 14.2. The highest BCUT2D eigenvalue weighted by atomic mass is 16.1. The molecule has 0 aliphatic carbocycles. The SMILES string of the molecule is CC(=O)c1ccc2c(c1)CCCN2Cc1nccn1C. The topological polar surface area (TPSA) is 38.1 Å². The molecule has 0 saturated carbocycles. The number of benzene rings is 1. The van der Waals surface area contributed by atoms with Gasteiger partial charge in [-0.2, -0.15) is 0 Å². The van der Waals surface area contributed by atoms with Crippen molar-refractivity contribution in [1.82, 2.24) is 9.55 Å². The van der Waals surface area contributed by atoms with E-state index in [9.17, 15) is 4.79 Å². The van der Waals surface area contributed by atoms with E-state index in [1.54, 1.807) is 6.92 Å². The Morgan fingerprint density at radius 1 is 1.40 bits per heavy atom. The summed E-state index contributed by atoms with van der Waals surface area (Å²) < 4.78 is 2.05. The standard InChI is InChI=1S/C16H19N3O/c1-12(20)13-5-6-15-14(10-13)4-3-8-19(15)11-16-17-7-9-18(16)2/h5-7,9-10H,3-4,8,11H2,1-2H3. The van der Waals surface area contributed by atoms with Gasteiger partial charge in [-0.1, -0.05) is 0 Å².